The fraction of sp³-hybridized carbons (Fsp3) is 0.190. The van der Waals surface area contributed by atoms with Gasteiger partial charge < -0.3 is 5.32 Å². The maximum Gasteiger partial charge on any atom is 0.416 e. The summed E-state index contributed by atoms with van der Waals surface area (Å²) < 4.78 is 76.1. The number of hydrogen-bond acceptors (Lipinski definition) is 2. The van der Waals surface area contributed by atoms with Crippen molar-refractivity contribution in [3.05, 3.63) is 82.1 Å². The first-order chi connectivity index (χ1) is 13.5. The third-order valence-corrected chi connectivity index (χ3v) is 4.36. The van der Waals surface area contributed by atoms with Crippen molar-refractivity contribution in [1.29, 1.82) is 0 Å². The van der Waals surface area contributed by atoms with E-state index in [1.165, 1.54) is 36.4 Å². The van der Waals surface area contributed by atoms with Crippen LogP contribution in [-0.4, -0.2) is 12.3 Å². The molecular weight excluding hydrogens is 396 g/mol. The lowest BCUT2D eigenvalue weighted by molar-refractivity contribution is -0.138. The molecule has 29 heavy (non-hydrogen) atoms. The maximum absolute atomic E-state index is 12.7. The Morgan fingerprint density at radius 1 is 0.724 bits per heavy atom. The lowest BCUT2D eigenvalue weighted by Gasteiger charge is -2.20. The van der Waals surface area contributed by atoms with Crippen molar-refractivity contribution >= 4 is 17.9 Å². The molecule has 0 spiro atoms. The Balaban J connectivity index is 1.92. The second-order valence-corrected chi connectivity index (χ2v) is 6.46. The van der Waals surface area contributed by atoms with Crippen molar-refractivity contribution in [2.24, 2.45) is 0 Å². The van der Waals surface area contributed by atoms with E-state index >= 15 is 0 Å². The molecule has 2 aromatic rings. The number of rotatable bonds is 2. The number of benzene rings is 2. The van der Waals surface area contributed by atoms with Crippen LogP contribution in [0.25, 0.3) is 12.2 Å². The Bertz CT molecular complexity index is 951. The molecule has 1 heterocycles. The molecule has 0 aliphatic carbocycles. The average Bonchev–Trinajstić information content (AvgIpc) is 2.64. The van der Waals surface area contributed by atoms with Crippen molar-refractivity contribution in [2.75, 3.05) is 6.54 Å². The quantitative estimate of drug-likeness (QED) is 0.507. The van der Waals surface area contributed by atoms with E-state index in [2.05, 4.69) is 5.32 Å². The van der Waals surface area contributed by atoms with Gasteiger partial charge in [0.2, 0.25) is 0 Å². The lowest BCUT2D eigenvalue weighted by atomic mass is 9.96. The summed E-state index contributed by atoms with van der Waals surface area (Å²) in [6, 6.07) is 8.81. The molecule has 152 valence electrons. The maximum atomic E-state index is 12.7. The van der Waals surface area contributed by atoms with Crippen LogP contribution in [0.5, 0.6) is 0 Å². The highest BCUT2D eigenvalue weighted by Gasteiger charge is 2.30. The Morgan fingerprint density at radius 2 is 1.17 bits per heavy atom. The Kier molecular flexibility index (Phi) is 5.55. The number of allylic oxidation sites excluding steroid dienone is 1. The molecular formula is C21H15F6NO. The van der Waals surface area contributed by atoms with Gasteiger partial charge in [-0.15, -0.1) is 0 Å². The topological polar surface area (TPSA) is 29.1 Å². The molecule has 0 atom stereocenters. The van der Waals surface area contributed by atoms with E-state index in [0.29, 0.717) is 23.4 Å². The number of Topliss-reactive ketones (excluding diaryl/α,β-unsaturated/α-hetero) is 1. The minimum atomic E-state index is -4.46. The van der Waals surface area contributed by atoms with Crippen molar-refractivity contribution in [2.45, 2.75) is 18.8 Å². The second-order valence-electron chi connectivity index (χ2n) is 6.46. The number of piperidine rings is 1. The molecule has 0 radical (unpaired) electrons. The molecule has 0 saturated carbocycles. The van der Waals surface area contributed by atoms with Crippen molar-refractivity contribution in [3.8, 4) is 0 Å². The van der Waals surface area contributed by atoms with Gasteiger partial charge >= 0.3 is 12.4 Å². The molecule has 3 rings (SSSR count). The van der Waals surface area contributed by atoms with Gasteiger partial charge in [0.25, 0.3) is 0 Å². The van der Waals surface area contributed by atoms with Crippen LogP contribution < -0.4 is 5.32 Å². The number of nitrogens with one attached hydrogen (secondary N) is 1. The highest BCUT2D eigenvalue weighted by atomic mass is 19.4. The average molecular weight is 411 g/mol. The van der Waals surface area contributed by atoms with Crippen molar-refractivity contribution in [1.82, 2.24) is 5.32 Å². The van der Waals surface area contributed by atoms with E-state index in [-0.39, 0.29) is 17.8 Å². The molecule has 8 heteroatoms. The van der Waals surface area contributed by atoms with Gasteiger partial charge in [0.15, 0.2) is 5.78 Å². The lowest BCUT2D eigenvalue weighted by Crippen LogP contribution is -2.28. The van der Waals surface area contributed by atoms with E-state index in [1.807, 2.05) is 0 Å². The number of carbonyl (C=O) groups excluding carboxylic acids is 1. The summed E-state index contributed by atoms with van der Waals surface area (Å²) in [7, 11) is 0. The number of alkyl halides is 6. The zero-order valence-corrected chi connectivity index (χ0v) is 14.9. The number of halogens is 6. The number of ketones is 1. The molecule has 1 saturated heterocycles. The van der Waals surface area contributed by atoms with Gasteiger partial charge in [-0.3, -0.25) is 4.79 Å². The minimum absolute atomic E-state index is 0.205. The van der Waals surface area contributed by atoms with Crippen LogP contribution in [0.1, 0.15) is 28.7 Å². The highest BCUT2D eigenvalue weighted by Crippen LogP contribution is 2.31. The largest absolute Gasteiger partial charge is 0.416 e. The van der Waals surface area contributed by atoms with Crippen LogP contribution in [0, 0.1) is 0 Å². The first-order valence-corrected chi connectivity index (χ1v) is 8.59. The molecule has 1 aliphatic heterocycles. The van der Waals surface area contributed by atoms with Gasteiger partial charge in [-0.25, -0.2) is 0 Å². The molecule has 1 fully saturated rings. The predicted molar refractivity (Wildman–Crippen MR) is 96.5 cm³/mol. The van der Waals surface area contributed by atoms with Gasteiger partial charge in [-0.2, -0.15) is 26.3 Å². The molecule has 0 unspecified atom stereocenters. The predicted octanol–water partition coefficient (Wildman–Crippen LogP) is 5.71. The first-order valence-electron chi connectivity index (χ1n) is 8.59. The third kappa shape index (κ3) is 5.07. The second kappa shape index (κ2) is 7.77. The van der Waals surface area contributed by atoms with Gasteiger partial charge in [0, 0.05) is 24.2 Å². The SMILES string of the molecule is O=C1CCNC(=Cc2ccc(C(F)(F)F)cc2)C1=Cc1ccc(C(F)(F)F)cc1. The summed E-state index contributed by atoms with van der Waals surface area (Å²) in [5.41, 5.74) is -0.0604. The van der Waals surface area contributed by atoms with Crippen molar-refractivity contribution < 1.29 is 31.1 Å². The third-order valence-electron chi connectivity index (χ3n) is 4.36. The summed E-state index contributed by atoms with van der Waals surface area (Å²) in [6.45, 7) is 0.357. The molecule has 0 bridgehead atoms. The Labute approximate surface area is 162 Å². The van der Waals surface area contributed by atoms with Gasteiger partial charge in [0.05, 0.1) is 11.1 Å². The van der Waals surface area contributed by atoms with Crippen LogP contribution in [-0.2, 0) is 17.1 Å². The van der Waals surface area contributed by atoms with Crippen LogP contribution in [0.3, 0.4) is 0 Å². The van der Waals surface area contributed by atoms with Crippen molar-refractivity contribution in [3.63, 3.8) is 0 Å². The number of carbonyl (C=O) groups is 1. The summed E-state index contributed by atoms with van der Waals surface area (Å²) in [4.78, 5) is 12.3. The van der Waals surface area contributed by atoms with E-state index in [4.69, 9.17) is 0 Å². The monoisotopic (exact) mass is 411 g/mol. The summed E-state index contributed by atoms with van der Waals surface area (Å²) in [6.07, 6.45) is -5.70. The Hall–Kier alpha value is -3.03. The van der Waals surface area contributed by atoms with E-state index in [0.717, 1.165) is 24.3 Å². The molecule has 1 N–H and O–H groups in total. The summed E-state index contributed by atoms with van der Waals surface area (Å²) in [5.74, 6) is -0.207. The minimum Gasteiger partial charge on any atom is -0.384 e. The zero-order chi connectivity index (χ0) is 21.2. The molecule has 2 nitrogen and oxygen atoms in total. The first kappa shape index (κ1) is 20.7. The summed E-state index contributed by atoms with van der Waals surface area (Å²) >= 11 is 0. The molecule has 1 aliphatic rings. The van der Waals surface area contributed by atoms with Gasteiger partial charge in [-0.05, 0) is 47.5 Å². The molecule has 0 amide bonds. The normalized spacial score (nSPS) is 18.2. The zero-order valence-electron chi connectivity index (χ0n) is 14.9. The standard InChI is InChI=1S/C21H15F6NO/c22-20(23,24)15-5-1-13(2-6-15)11-17-18(28-10-9-19(17)29)12-14-3-7-16(8-4-14)21(25,26)27/h1-8,11-12,28H,9-10H2. The van der Waals surface area contributed by atoms with E-state index in [1.54, 1.807) is 0 Å². The van der Waals surface area contributed by atoms with Gasteiger partial charge in [0.1, 0.15) is 0 Å². The fourth-order valence-corrected chi connectivity index (χ4v) is 2.85. The van der Waals surface area contributed by atoms with Crippen LogP contribution >= 0.6 is 0 Å². The smallest absolute Gasteiger partial charge is 0.384 e. The van der Waals surface area contributed by atoms with Crippen LogP contribution in [0.4, 0.5) is 26.3 Å². The summed E-state index contributed by atoms with van der Waals surface area (Å²) in [5, 5.41) is 3.02. The van der Waals surface area contributed by atoms with E-state index < -0.39 is 23.5 Å². The highest BCUT2D eigenvalue weighted by molar-refractivity contribution is 6.05. The van der Waals surface area contributed by atoms with Crippen LogP contribution in [0.15, 0.2) is 59.8 Å². The molecule has 0 aromatic heterocycles. The molecule has 2 aromatic carbocycles. The fourth-order valence-electron chi connectivity index (χ4n) is 2.85. The number of hydrogen-bond donors (Lipinski definition) is 1. The van der Waals surface area contributed by atoms with Gasteiger partial charge in [-0.1, -0.05) is 24.3 Å². The Morgan fingerprint density at radius 3 is 1.62 bits per heavy atom. The van der Waals surface area contributed by atoms with Crippen LogP contribution in [0.2, 0.25) is 0 Å². The van der Waals surface area contributed by atoms with E-state index in [9.17, 15) is 31.1 Å².